The molecule has 0 unspecified atom stereocenters. The van der Waals surface area contributed by atoms with E-state index in [9.17, 15) is 4.79 Å². The third-order valence-electron chi connectivity index (χ3n) is 4.76. The lowest BCUT2D eigenvalue weighted by atomic mass is 10.1. The zero-order valence-electron chi connectivity index (χ0n) is 15.5. The van der Waals surface area contributed by atoms with Crippen molar-refractivity contribution in [1.29, 1.82) is 0 Å². The minimum absolute atomic E-state index is 0.120. The molecule has 7 nitrogen and oxygen atoms in total. The second kappa shape index (κ2) is 6.55. The molecule has 0 saturated heterocycles. The number of carbonyl (C=O) groups excluding carboxylic acids is 1. The Hall–Kier alpha value is -2.70. The van der Waals surface area contributed by atoms with Crippen LogP contribution in [0.25, 0.3) is 11.0 Å². The summed E-state index contributed by atoms with van der Waals surface area (Å²) in [5.41, 5.74) is 3.94. The SMILES string of the molecule is CCCn1nc(C)cc1NC(=O)Cn1nc(C)c2c(C3CC3)ccnc21. The van der Waals surface area contributed by atoms with Gasteiger partial charge in [0.1, 0.15) is 12.4 Å². The highest BCUT2D eigenvalue weighted by atomic mass is 16.2. The summed E-state index contributed by atoms with van der Waals surface area (Å²) in [6, 6.07) is 3.98. The van der Waals surface area contributed by atoms with E-state index in [4.69, 9.17) is 0 Å². The Morgan fingerprint density at radius 3 is 2.81 bits per heavy atom. The molecular weight excluding hydrogens is 328 g/mol. The van der Waals surface area contributed by atoms with E-state index in [1.165, 1.54) is 18.4 Å². The lowest BCUT2D eigenvalue weighted by Gasteiger charge is -2.08. The highest BCUT2D eigenvalue weighted by Crippen LogP contribution is 2.43. The van der Waals surface area contributed by atoms with Crippen LogP contribution in [-0.4, -0.2) is 30.5 Å². The molecule has 136 valence electrons. The number of rotatable bonds is 6. The zero-order valence-corrected chi connectivity index (χ0v) is 15.5. The van der Waals surface area contributed by atoms with E-state index in [1.54, 1.807) is 4.68 Å². The normalized spacial score (nSPS) is 14.1. The average molecular weight is 352 g/mol. The Balaban J connectivity index is 1.58. The number of carbonyl (C=O) groups is 1. The summed E-state index contributed by atoms with van der Waals surface area (Å²) in [5, 5.41) is 13.1. The number of aryl methyl sites for hydroxylation is 3. The summed E-state index contributed by atoms with van der Waals surface area (Å²) < 4.78 is 3.54. The maximum Gasteiger partial charge on any atom is 0.247 e. The van der Waals surface area contributed by atoms with Crippen molar-refractivity contribution in [2.75, 3.05) is 5.32 Å². The molecule has 0 aromatic carbocycles. The largest absolute Gasteiger partial charge is 0.309 e. The average Bonchev–Trinajstić information content (AvgIpc) is 3.33. The zero-order chi connectivity index (χ0) is 18.3. The Kier molecular flexibility index (Phi) is 4.22. The molecule has 4 rings (SSSR count). The molecule has 1 fully saturated rings. The van der Waals surface area contributed by atoms with Crippen molar-refractivity contribution in [1.82, 2.24) is 24.5 Å². The maximum absolute atomic E-state index is 12.6. The van der Waals surface area contributed by atoms with Gasteiger partial charge in [-0.05, 0) is 50.7 Å². The highest BCUT2D eigenvalue weighted by Gasteiger charge is 2.27. The molecule has 0 atom stereocenters. The van der Waals surface area contributed by atoms with Crippen LogP contribution in [0.4, 0.5) is 5.82 Å². The fraction of sp³-hybridized carbons (Fsp3) is 0.474. The van der Waals surface area contributed by atoms with Gasteiger partial charge in [-0.3, -0.25) is 4.79 Å². The number of anilines is 1. The first kappa shape index (κ1) is 16.8. The number of fused-ring (bicyclic) bond motifs is 1. The standard InChI is InChI=1S/C19H24N6O/c1-4-9-24-16(10-12(2)22-24)21-17(26)11-25-19-18(13(3)23-25)15(7-8-20-19)14-5-6-14/h7-8,10,14H,4-6,9,11H2,1-3H3,(H,21,26). The van der Waals surface area contributed by atoms with Gasteiger partial charge in [-0.15, -0.1) is 0 Å². The van der Waals surface area contributed by atoms with Crippen LogP contribution >= 0.6 is 0 Å². The van der Waals surface area contributed by atoms with Crippen LogP contribution in [0, 0.1) is 13.8 Å². The van der Waals surface area contributed by atoms with Gasteiger partial charge in [-0.2, -0.15) is 10.2 Å². The van der Waals surface area contributed by atoms with Gasteiger partial charge in [0.25, 0.3) is 0 Å². The molecule has 1 aliphatic rings. The topological polar surface area (TPSA) is 77.6 Å². The smallest absolute Gasteiger partial charge is 0.247 e. The van der Waals surface area contributed by atoms with Crippen molar-refractivity contribution in [3.8, 4) is 0 Å². The summed E-state index contributed by atoms with van der Waals surface area (Å²) in [7, 11) is 0. The Morgan fingerprint density at radius 1 is 1.27 bits per heavy atom. The third-order valence-corrected chi connectivity index (χ3v) is 4.76. The van der Waals surface area contributed by atoms with Crippen molar-refractivity contribution in [3.63, 3.8) is 0 Å². The van der Waals surface area contributed by atoms with Crippen molar-refractivity contribution >= 4 is 22.8 Å². The minimum atomic E-state index is -0.120. The van der Waals surface area contributed by atoms with Crippen LogP contribution < -0.4 is 5.32 Å². The molecule has 1 N–H and O–H groups in total. The van der Waals surface area contributed by atoms with Crippen LogP contribution in [-0.2, 0) is 17.9 Å². The molecule has 1 amide bonds. The van der Waals surface area contributed by atoms with E-state index >= 15 is 0 Å². The summed E-state index contributed by atoms with van der Waals surface area (Å²) in [6.45, 7) is 6.92. The van der Waals surface area contributed by atoms with E-state index < -0.39 is 0 Å². The van der Waals surface area contributed by atoms with Crippen LogP contribution in [0.3, 0.4) is 0 Å². The van der Waals surface area contributed by atoms with Gasteiger partial charge in [0, 0.05) is 24.2 Å². The molecular formula is C19H24N6O. The molecule has 0 bridgehead atoms. The van der Waals surface area contributed by atoms with Crippen LogP contribution in [0.5, 0.6) is 0 Å². The molecule has 0 aliphatic heterocycles. The summed E-state index contributed by atoms with van der Waals surface area (Å²) in [6.07, 6.45) is 5.24. The van der Waals surface area contributed by atoms with Gasteiger partial charge >= 0.3 is 0 Å². The monoisotopic (exact) mass is 352 g/mol. The third kappa shape index (κ3) is 3.09. The second-order valence-electron chi connectivity index (χ2n) is 7.06. The number of hydrogen-bond donors (Lipinski definition) is 1. The van der Waals surface area contributed by atoms with Crippen molar-refractivity contribution in [3.05, 3.63) is 35.3 Å². The summed E-state index contributed by atoms with van der Waals surface area (Å²) in [5.74, 6) is 1.23. The first-order valence-corrected chi connectivity index (χ1v) is 9.23. The van der Waals surface area contributed by atoms with Gasteiger partial charge < -0.3 is 5.32 Å². The molecule has 7 heteroatoms. The summed E-state index contributed by atoms with van der Waals surface area (Å²) >= 11 is 0. The minimum Gasteiger partial charge on any atom is -0.309 e. The van der Waals surface area contributed by atoms with Crippen LogP contribution in [0.15, 0.2) is 18.3 Å². The first-order chi connectivity index (χ1) is 12.6. The number of nitrogens with one attached hydrogen (secondary N) is 1. The van der Waals surface area contributed by atoms with E-state index in [2.05, 4.69) is 33.5 Å². The van der Waals surface area contributed by atoms with Crippen molar-refractivity contribution in [2.24, 2.45) is 0 Å². The van der Waals surface area contributed by atoms with Gasteiger partial charge in [-0.25, -0.2) is 14.3 Å². The van der Waals surface area contributed by atoms with Crippen LogP contribution in [0.2, 0.25) is 0 Å². The van der Waals surface area contributed by atoms with Crippen molar-refractivity contribution in [2.45, 2.75) is 59.0 Å². The number of amides is 1. The van der Waals surface area contributed by atoms with Crippen molar-refractivity contribution < 1.29 is 4.79 Å². The van der Waals surface area contributed by atoms with Gasteiger partial charge in [0.2, 0.25) is 5.91 Å². The molecule has 3 aromatic rings. The fourth-order valence-electron chi connectivity index (χ4n) is 3.50. The lowest BCUT2D eigenvalue weighted by Crippen LogP contribution is -2.21. The highest BCUT2D eigenvalue weighted by molar-refractivity contribution is 5.91. The predicted octanol–water partition coefficient (Wildman–Crippen LogP) is 3.17. The number of nitrogens with zero attached hydrogens (tertiary/aromatic N) is 5. The fourth-order valence-corrected chi connectivity index (χ4v) is 3.50. The van der Waals surface area contributed by atoms with E-state index in [1.807, 2.05) is 30.8 Å². The predicted molar refractivity (Wildman–Crippen MR) is 100 cm³/mol. The number of hydrogen-bond acceptors (Lipinski definition) is 4. The lowest BCUT2D eigenvalue weighted by molar-refractivity contribution is -0.116. The van der Waals surface area contributed by atoms with E-state index in [-0.39, 0.29) is 12.5 Å². The molecule has 1 saturated carbocycles. The molecule has 0 radical (unpaired) electrons. The first-order valence-electron chi connectivity index (χ1n) is 9.23. The van der Waals surface area contributed by atoms with Gasteiger partial charge in [-0.1, -0.05) is 6.92 Å². The Bertz CT molecular complexity index is 966. The second-order valence-corrected chi connectivity index (χ2v) is 7.06. The molecule has 3 aromatic heterocycles. The molecule has 0 spiro atoms. The summed E-state index contributed by atoms with van der Waals surface area (Å²) in [4.78, 5) is 17.1. The van der Waals surface area contributed by atoms with Crippen LogP contribution in [0.1, 0.15) is 49.1 Å². The van der Waals surface area contributed by atoms with Gasteiger partial charge in [0.15, 0.2) is 5.65 Å². The quantitative estimate of drug-likeness (QED) is 0.739. The molecule has 1 aliphatic carbocycles. The number of aromatic nitrogens is 5. The Labute approximate surface area is 152 Å². The van der Waals surface area contributed by atoms with E-state index in [0.717, 1.165) is 41.2 Å². The maximum atomic E-state index is 12.6. The molecule has 26 heavy (non-hydrogen) atoms. The van der Waals surface area contributed by atoms with E-state index in [0.29, 0.717) is 5.92 Å². The molecule has 3 heterocycles. The Morgan fingerprint density at radius 2 is 2.08 bits per heavy atom. The number of pyridine rings is 1. The van der Waals surface area contributed by atoms with Gasteiger partial charge in [0.05, 0.1) is 11.4 Å².